The number of hydrogen-bond donors (Lipinski definition) is 0. The van der Waals surface area contributed by atoms with Gasteiger partial charge in [-0.05, 0) is 57.1 Å². The summed E-state index contributed by atoms with van der Waals surface area (Å²) in [5, 5.41) is 0. The second kappa shape index (κ2) is 8.47. The van der Waals surface area contributed by atoms with Crippen LogP contribution in [0.15, 0.2) is 24.3 Å². The van der Waals surface area contributed by atoms with Crippen molar-refractivity contribution in [2.24, 2.45) is 11.3 Å². The first kappa shape index (κ1) is 20.4. The van der Waals surface area contributed by atoms with Crippen molar-refractivity contribution < 1.29 is 14.3 Å². The Hall–Kier alpha value is -1.88. The third-order valence-corrected chi connectivity index (χ3v) is 7.54. The molecule has 1 aromatic carbocycles. The summed E-state index contributed by atoms with van der Waals surface area (Å²) in [6.45, 7) is 5.05. The van der Waals surface area contributed by atoms with Crippen molar-refractivity contribution in [3.63, 3.8) is 0 Å². The number of carbonyl (C=O) groups is 2. The first-order chi connectivity index (χ1) is 14.0. The molecular formula is C24H34N2O3. The second-order valence-electron chi connectivity index (χ2n) is 9.22. The highest BCUT2D eigenvalue weighted by atomic mass is 16.5. The van der Waals surface area contributed by atoms with Crippen LogP contribution < -0.4 is 0 Å². The largest absolute Gasteiger partial charge is 0.381 e. The molecule has 2 aliphatic heterocycles. The van der Waals surface area contributed by atoms with E-state index in [1.807, 2.05) is 43.2 Å². The van der Waals surface area contributed by atoms with Gasteiger partial charge in [0.15, 0.2) is 0 Å². The van der Waals surface area contributed by atoms with Gasteiger partial charge >= 0.3 is 0 Å². The maximum Gasteiger partial charge on any atom is 0.254 e. The van der Waals surface area contributed by atoms with Gasteiger partial charge in [-0.15, -0.1) is 0 Å². The Bertz CT molecular complexity index is 756. The number of benzene rings is 1. The lowest BCUT2D eigenvalue weighted by Gasteiger charge is -2.45. The number of likely N-dealkylation sites (tertiary alicyclic amines) is 2. The monoisotopic (exact) mass is 398 g/mol. The highest BCUT2D eigenvalue weighted by molar-refractivity contribution is 5.95. The van der Waals surface area contributed by atoms with Crippen molar-refractivity contribution in [1.29, 1.82) is 0 Å². The number of amides is 2. The summed E-state index contributed by atoms with van der Waals surface area (Å²) in [5.74, 6) is 0.446. The van der Waals surface area contributed by atoms with Crippen molar-refractivity contribution in [2.75, 3.05) is 33.3 Å². The molecule has 2 saturated heterocycles. The molecule has 0 bridgehead atoms. The molecule has 0 radical (unpaired) electrons. The van der Waals surface area contributed by atoms with Gasteiger partial charge in [0.2, 0.25) is 5.91 Å². The molecular weight excluding hydrogens is 364 g/mol. The van der Waals surface area contributed by atoms with Crippen LogP contribution in [0.25, 0.3) is 0 Å². The molecule has 2 amide bonds. The number of hydrogen-bond acceptors (Lipinski definition) is 3. The molecule has 4 rings (SSSR count). The van der Waals surface area contributed by atoms with Crippen LogP contribution in [0.5, 0.6) is 0 Å². The molecule has 0 unspecified atom stereocenters. The van der Waals surface area contributed by atoms with Gasteiger partial charge in [0.05, 0.1) is 6.10 Å². The molecule has 2 atom stereocenters. The van der Waals surface area contributed by atoms with Gasteiger partial charge in [0, 0.05) is 50.2 Å². The zero-order valence-corrected chi connectivity index (χ0v) is 17.9. The van der Waals surface area contributed by atoms with Gasteiger partial charge in [0.25, 0.3) is 5.91 Å². The van der Waals surface area contributed by atoms with E-state index in [-0.39, 0.29) is 17.2 Å². The molecule has 5 nitrogen and oxygen atoms in total. The third-order valence-electron chi connectivity index (χ3n) is 7.54. The van der Waals surface area contributed by atoms with E-state index in [0.717, 1.165) is 49.9 Å². The topological polar surface area (TPSA) is 49.9 Å². The van der Waals surface area contributed by atoms with Crippen LogP contribution in [-0.4, -0.2) is 61.0 Å². The number of carbonyl (C=O) groups excluding carboxylic acids is 2. The predicted octanol–water partition coefficient (Wildman–Crippen LogP) is 3.65. The number of methoxy groups -OCH3 is 1. The lowest BCUT2D eigenvalue weighted by molar-refractivity contribution is -0.143. The first-order valence-corrected chi connectivity index (χ1v) is 11.2. The Morgan fingerprint density at radius 3 is 2.45 bits per heavy atom. The molecule has 1 aliphatic carbocycles. The van der Waals surface area contributed by atoms with Crippen molar-refractivity contribution in [3.8, 4) is 0 Å². The SMILES string of the molecule is CO[C@@H]1CCC[C@@]12CCCN(C(=O)C1CCN(C(=O)c3ccccc3C)CC1)C2. The van der Waals surface area contributed by atoms with Gasteiger partial charge in [0.1, 0.15) is 0 Å². The molecule has 3 fully saturated rings. The second-order valence-corrected chi connectivity index (χ2v) is 9.22. The summed E-state index contributed by atoms with van der Waals surface area (Å²) in [6, 6.07) is 7.75. The average molecular weight is 399 g/mol. The van der Waals surface area contributed by atoms with E-state index in [1.165, 1.54) is 19.3 Å². The highest BCUT2D eigenvalue weighted by Gasteiger charge is 2.47. The summed E-state index contributed by atoms with van der Waals surface area (Å²) in [6.07, 6.45) is 7.61. The van der Waals surface area contributed by atoms with E-state index in [1.54, 1.807) is 0 Å². The average Bonchev–Trinajstić information content (AvgIpc) is 3.14. The third kappa shape index (κ3) is 3.94. The number of aryl methyl sites for hydroxylation is 1. The summed E-state index contributed by atoms with van der Waals surface area (Å²) in [5.41, 5.74) is 1.96. The maximum absolute atomic E-state index is 13.3. The van der Waals surface area contributed by atoms with E-state index in [4.69, 9.17) is 4.74 Å². The fourth-order valence-electron chi connectivity index (χ4n) is 5.86. The number of nitrogens with zero attached hydrogens (tertiary/aromatic N) is 2. The Kier molecular flexibility index (Phi) is 5.95. The lowest BCUT2D eigenvalue weighted by atomic mass is 9.76. The predicted molar refractivity (Wildman–Crippen MR) is 113 cm³/mol. The lowest BCUT2D eigenvalue weighted by Crippen LogP contribution is -2.52. The number of piperidine rings is 2. The smallest absolute Gasteiger partial charge is 0.254 e. The Morgan fingerprint density at radius 2 is 1.72 bits per heavy atom. The quantitative estimate of drug-likeness (QED) is 0.781. The zero-order chi connectivity index (χ0) is 20.4. The molecule has 0 aromatic heterocycles. The Morgan fingerprint density at radius 1 is 1.00 bits per heavy atom. The molecule has 1 saturated carbocycles. The van der Waals surface area contributed by atoms with Crippen LogP contribution in [0.2, 0.25) is 0 Å². The van der Waals surface area contributed by atoms with Crippen molar-refractivity contribution in [2.45, 2.75) is 58.0 Å². The summed E-state index contributed by atoms with van der Waals surface area (Å²) in [4.78, 5) is 30.2. The van der Waals surface area contributed by atoms with Gasteiger partial charge in [-0.1, -0.05) is 24.6 Å². The van der Waals surface area contributed by atoms with E-state index in [9.17, 15) is 9.59 Å². The van der Waals surface area contributed by atoms with Crippen LogP contribution in [0.4, 0.5) is 0 Å². The number of rotatable bonds is 3. The molecule has 1 spiro atoms. The van der Waals surface area contributed by atoms with E-state index >= 15 is 0 Å². The molecule has 2 heterocycles. The zero-order valence-electron chi connectivity index (χ0n) is 17.9. The molecule has 29 heavy (non-hydrogen) atoms. The minimum atomic E-state index is 0.0495. The van der Waals surface area contributed by atoms with E-state index in [2.05, 4.69) is 4.90 Å². The highest BCUT2D eigenvalue weighted by Crippen LogP contribution is 2.46. The van der Waals surface area contributed by atoms with E-state index in [0.29, 0.717) is 25.1 Å². The molecule has 158 valence electrons. The molecule has 0 N–H and O–H groups in total. The minimum Gasteiger partial charge on any atom is -0.381 e. The van der Waals surface area contributed by atoms with Gasteiger partial charge < -0.3 is 14.5 Å². The van der Waals surface area contributed by atoms with Gasteiger partial charge in [-0.25, -0.2) is 0 Å². The van der Waals surface area contributed by atoms with E-state index < -0.39 is 0 Å². The maximum atomic E-state index is 13.3. The van der Waals surface area contributed by atoms with Crippen LogP contribution in [-0.2, 0) is 9.53 Å². The standard InChI is InChI=1S/C24H34N2O3/c1-18-7-3-4-8-20(18)23(28)25-15-10-19(11-16-25)22(27)26-14-6-13-24(17-26)12-5-9-21(24)29-2/h3-4,7-8,19,21H,5-6,9-17H2,1-2H3/t21-,24+/m1/s1. The van der Waals surface area contributed by atoms with Gasteiger partial charge in [-0.2, -0.15) is 0 Å². The summed E-state index contributed by atoms with van der Waals surface area (Å²) in [7, 11) is 1.82. The van der Waals surface area contributed by atoms with Crippen molar-refractivity contribution >= 4 is 11.8 Å². The van der Waals surface area contributed by atoms with Crippen molar-refractivity contribution in [3.05, 3.63) is 35.4 Å². The number of ether oxygens (including phenoxy) is 1. The van der Waals surface area contributed by atoms with Crippen molar-refractivity contribution in [1.82, 2.24) is 9.80 Å². The summed E-state index contributed by atoms with van der Waals surface area (Å²) >= 11 is 0. The summed E-state index contributed by atoms with van der Waals surface area (Å²) < 4.78 is 5.79. The first-order valence-electron chi connectivity index (χ1n) is 11.2. The normalized spacial score (nSPS) is 28.1. The van der Waals surface area contributed by atoms with Crippen LogP contribution in [0, 0.1) is 18.3 Å². The Labute approximate surface area is 174 Å². The molecule has 3 aliphatic rings. The molecule has 5 heteroatoms. The van der Waals surface area contributed by atoms with Gasteiger partial charge in [-0.3, -0.25) is 9.59 Å². The van der Waals surface area contributed by atoms with Crippen LogP contribution >= 0.6 is 0 Å². The minimum absolute atomic E-state index is 0.0495. The molecule has 1 aromatic rings. The van der Waals surface area contributed by atoms with Crippen LogP contribution in [0.1, 0.15) is 60.9 Å². The van der Waals surface area contributed by atoms with Crippen LogP contribution in [0.3, 0.4) is 0 Å². The fourth-order valence-corrected chi connectivity index (χ4v) is 5.86. The fraction of sp³-hybridized carbons (Fsp3) is 0.667. The Balaban J connectivity index is 1.35.